The SMILES string of the molecule is CCOC(c1ccccc1F)C(C)N. The molecule has 0 aromatic heterocycles. The summed E-state index contributed by atoms with van der Waals surface area (Å²) in [5.74, 6) is -0.261. The van der Waals surface area contributed by atoms with Gasteiger partial charge in [-0.05, 0) is 19.9 Å². The van der Waals surface area contributed by atoms with E-state index in [0.29, 0.717) is 12.2 Å². The van der Waals surface area contributed by atoms with Gasteiger partial charge in [0.2, 0.25) is 0 Å². The van der Waals surface area contributed by atoms with Crippen LogP contribution in [0.15, 0.2) is 24.3 Å². The number of rotatable bonds is 4. The second-order valence-corrected chi connectivity index (χ2v) is 3.26. The van der Waals surface area contributed by atoms with Crippen molar-refractivity contribution in [3.05, 3.63) is 35.6 Å². The Morgan fingerprint density at radius 2 is 2.07 bits per heavy atom. The first-order valence-corrected chi connectivity index (χ1v) is 4.78. The Morgan fingerprint density at radius 3 is 2.57 bits per heavy atom. The van der Waals surface area contributed by atoms with Crippen molar-refractivity contribution in [1.82, 2.24) is 0 Å². The van der Waals surface area contributed by atoms with Crippen LogP contribution in [0.5, 0.6) is 0 Å². The van der Waals surface area contributed by atoms with Gasteiger partial charge in [-0.15, -0.1) is 0 Å². The summed E-state index contributed by atoms with van der Waals surface area (Å²) in [6.07, 6.45) is -0.360. The smallest absolute Gasteiger partial charge is 0.129 e. The molecule has 0 aliphatic carbocycles. The van der Waals surface area contributed by atoms with Gasteiger partial charge in [0, 0.05) is 18.2 Å². The number of hydrogen-bond acceptors (Lipinski definition) is 2. The minimum absolute atomic E-state index is 0.216. The maximum Gasteiger partial charge on any atom is 0.129 e. The molecule has 0 saturated carbocycles. The van der Waals surface area contributed by atoms with Gasteiger partial charge in [-0.1, -0.05) is 18.2 Å². The molecule has 0 saturated heterocycles. The molecule has 0 aliphatic rings. The minimum Gasteiger partial charge on any atom is -0.372 e. The van der Waals surface area contributed by atoms with E-state index in [1.807, 2.05) is 13.8 Å². The zero-order valence-corrected chi connectivity index (χ0v) is 8.53. The Hall–Kier alpha value is -0.930. The van der Waals surface area contributed by atoms with Crippen LogP contribution in [0.25, 0.3) is 0 Å². The molecule has 0 heterocycles. The fraction of sp³-hybridized carbons (Fsp3) is 0.455. The van der Waals surface area contributed by atoms with Crippen LogP contribution in [0.4, 0.5) is 4.39 Å². The summed E-state index contributed by atoms with van der Waals surface area (Å²) in [7, 11) is 0. The highest BCUT2D eigenvalue weighted by Crippen LogP contribution is 2.22. The van der Waals surface area contributed by atoms with Gasteiger partial charge in [0.25, 0.3) is 0 Å². The van der Waals surface area contributed by atoms with Gasteiger partial charge in [-0.3, -0.25) is 0 Å². The van der Waals surface area contributed by atoms with Crippen LogP contribution < -0.4 is 5.73 Å². The van der Waals surface area contributed by atoms with Crippen LogP contribution in [0.3, 0.4) is 0 Å². The monoisotopic (exact) mass is 197 g/mol. The van der Waals surface area contributed by atoms with Crippen molar-refractivity contribution in [2.45, 2.75) is 26.0 Å². The average Bonchev–Trinajstić information content (AvgIpc) is 2.15. The third-order valence-corrected chi connectivity index (χ3v) is 2.04. The van der Waals surface area contributed by atoms with E-state index < -0.39 is 0 Å². The lowest BCUT2D eigenvalue weighted by atomic mass is 10.0. The topological polar surface area (TPSA) is 35.2 Å². The van der Waals surface area contributed by atoms with Crippen LogP contribution in [0.1, 0.15) is 25.5 Å². The van der Waals surface area contributed by atoms with Gasteiger partial charge in [0.15, 0.2) is 0 Å². The normalized spacial score (nSPS) is 15.1. The lowest BCUT2D eigenvalue weighted by Gasteiger charge is -2.21. The molecular formula is C11H16FNO. The summed E-state index contributed by atoms with van der Waals surface area (Å²) in [6, 6.07) is 6.35. The number of nitrogens with two attached hydrogens (primary N) is 1. The summed E-state index contributed by atoms with van der Waals surface area (Å²) in [5.41, 5.74) is 6.26. The molecular weight excluding hydrogens is 181 g/mol. The highest BCUT2D eigenvalue weighted by Gasteiger charge is 2.19. The second kappa shape index (κ2) is 5.08. The maximum absolute atomic E-state index is 13.4. The molecule has 0 fully saturated rings. The fourth-order valence-electron chi connectivity index (χ4n) is 1.41. The molecule has 2 unspecified atom stereocenters. The lowest BCUT2D eigenvalue weighted by molar-refractivity contribution is 0.0450. The molecule has 0 bridgehead atoms. The lowest BCUT2D eigenvalue weighted by Crippen LogP contribution is -2.27. The highest BCUT2D eigenvalue weighted by atomic mass is 19.1. The predicted octanol–water partition coefficient (Wildman–Crippen LogP) is 2.25. The molecule has 0 spiro atoms. The Kier molecular flexibility index (Phi) is 4.04. The van der Waals surface area contributed by atoms with Crippen LogP contribution >= 0.6 is 0 Å². The summed E-state index contributed by atoms with van der Waals surface area (Å²) in [5, 5.41) is 0. The molecule has 2 nitrogen and oxygen atoms in total. The van der Waals surface area contributed by atoms with E-state index in [-0.39, 0.29) is 18.0 Å². The first-order chi connectivity index (χ1) is 6.66. The first kappa shape index (κ1) is 11.1. The average molecular weight is 197 g/mol. The van der Waals surface area contributed by atoms with Crippen molar-refractivity contribution < 1.29 is 9.13 Å². The molecule has 14 heavy (non-hydrogen) atoms. The van der Waals surface area contributed by atoms with Crippen molar-refractivity contribution in [2.24, 2.45) is 5.73 Å². The molecule has 0 amide bonds. The van der Waals surface area contributed by atoms with Crippen LogP contribution in [0.2, 0.25) is 0 Å². The number of ether oxygens (including phenoxy) is 1. The van der Waals surface area contributed by atoms with Crippen LogP contribution in [-0.4, -0.2) is 12.6 Å². The van der Waals surface area contributed by atoms with Gasteiger partial charge in [0.1, 0.15) is 11.9 Å². The van der Waals surface area contributed by atoms with Crippen LogP contribution in [0, 0.1) is 5.82 Å². The Balaban J connectivity index is 2.93. The minimum atomic E-state index is -0.360. The number of hydrogen-bond donors (Lipinski definition) is 1. The van der Waals surface area contributed by atoms with Gasteiger partial charge < -0.3 is 10.5 Å². The van der Waals surface area contributed by atoms with E-state index in [0.717, 1.165) is 0 Å². The van der Waals surface area contributed by atoms with E-state index >= 15 is 0 Å². The zero-order valence-electron chi connectivity index (χ0n) is 8.53. The third kappa shape index (κ3) is 2.53. The third-order valence-electron chi connectivity index (χ3n) is 2.04. The largest absolute Gasteiger partial charge is 0.372 e. The number of benzene rings is 1. The zero-order chi connectivity index (χ0) is 10.6. The molecule has 3 heteroatoms. The van der Waals surface area contributed by atoms with Gasteiger partial charge in [0.05, 0.1) is 0 Å². The van der Waals surface area contributed by atoms with E-state index in [2.05, 4.69) is 0 Å². The maximum atomic E-state index is 13.4. The van der Waals surface area contributed by atoms with E-state index in [9.17, 15) is 4.39 Å². The quantitative estimate of drug-likeness (QED) is 0.803. The Bertz CT molecular complexity index is 288. The molecule has 1 rings (SSSR count). The molecule has 1 aromatic rings. The van der Waals surface area contributed by atoms with E-state index in [4.69, 9.17) is 10.5 Å². The van der Waals surface area contributed by atoms with Gasteiger partial charge >= 0.3 is 0 Å². The van der Waals surface area contributed by atoms with Crippen molar-refractivity contribution in [3.8, 4) is 0 Å². The van der Waals surface area contributed by atoms with Crippen molar-refractivity contribution in [2.75, 3.05) is 6.61 Å². The first-order valence-electron chi connectivity index (χ1n) is 4.78. The van der Waals surface area contributed by atoms with Gasteiger partial charge in [-0.2, -0.15) is 0 Å². The van der Waals surface area contributed by atoms with Crippen molar-refractivity contribution >= 4 is 0 Å². The van der Waals surface area contributed by atoms with E-state index in [1.165, 1.54) is 6.07 Å². The Morgan fingerprint density at radius 1 is 1.43 bits per heavy atom. The Labute approximate surface area is 83.9 Å². The van der Waals surface area contributed by atoms with Gasteiger partial charge in [-0.25, -0.2) is 4.39 Å². The van der Waals surface area contributed by atoms with Crippen LogP contribution in [-0.2, 0) is 4.74 Å². The molecule has 2 atom stereocenters. The second-order valence-electron chi connectivity index (χ2n) is 3.26. The highest BCUT2D eigenvalue weighted by molar-refractivity contribution is 5.21. The molecule has 2 N–H and O–H groups in total. The molecule has 0 radical (unpaired) electrons. The standard InChI is InChI=1S/C11H16FNO/c1-3-14-11(8(2)13)9-6-4-5-7-10(9)12/h4-8,11H,3,13H2,1-2H3. The molecule has 1 aromatic carbocycles. The summed E-state index contributed by atoms with van der Waals surface area (Å²) >= 11 is 0. The predicted molar refractivity (Wildman–Crippen MR) is 54.4 cm³/mol. The summed E-state index contributed by atoms with van der Waals surface area (Å²) in [6.45, 7) is 4.21. The van der Waals surface area contributed by atoms with Crippen molar-refractivity contribution in [1.29, 1.82) is 0 Å². The summed E-state index contributed by atoms with van der Waals surface area (Å²) in [4.78, 5) is 0. The molecule has 78 valence electrons. The summed E-state index contributed by atoms with van der Waals surface area (Å²) < 4.78 is 18.8. The fourth-order valence-corrected chi connectivity index (χ4v) is 1.41. The van der Waals surface area contributed by atoms with E-state index in [1.54, 1.807) is 18.2 Å². The number of halogens is 1. The van der Waals surface area contributed by atoms with Crippen molar-refractivity contribution in [3.63, 3.8) is 0 Å². The molecule has 0 aliphatic heterocycles.